The van der Waals surface area contributed by atoms with E-state index in [2.05, 4.69) is 15.7 Å². The van der Waals surface area contributed by atoms with Crippen LogP contribution in [0.2, 0.25) is 0 Å². The Morgan fingerprint density at radius 3 is 3.14 bits per heavy atom. The number of carbonyl (C=O) groups excluding carboxylic acids is 2. The number of piperazine rings is 1. The van der Waals surface area contributed by atoms with Crippen LogP contribution >= 0.6 is 11.3 Å². The first-order valence-corrected chi connectivity index (χ1v) is 7.92. The number of thiophene rings is 1. The van der Waals surface area contributed by atoms with Crippen LogP contribution in [0.1, 0.15) is 4.88 Å². The number of anilines is 1. The quantitative estimate of drug-likeness (QED) is 0.834. The van der Waals surface area contributed by atoms with Gasteiger partial charge in [0.05, 0.1) is 25.8 Å². The van der Waals surface area contributed by atoms with Crippen LogP contribution in [0, 0.1) is 0 Å². The molecule has 1 aliphatic rings. The van der Waals surface area contributed by atoms with E-state index in [4.69, 9.17) is 0 Å². The van der Waals surface area contributed by atoms with Crippen molar-refractivity contribution in [3.05, 3.63) is 34.7 Å². The molecular weight excluding hydrogens is 302 g/mol. The highest BCUT2D eigenvalue weighted by Crippen LogP contribution is 2.14. The number of nitrogens with one attached hydrogen (secondary N) is 2. The molecule has 0 unspecified atom stereocenters. The van der Waals surface area contributed by atoms with Crippen LogP contribution in [0.5, 0.6) is 0 Å². The molecule has 22 heavy (non-hydrogen) atoms. The van der Waals surface area contributed by atoms with Crippen LogP contribution in [-0.2, 0) is 16.1 Å². The van der Waals surface area contributed by atoms with E-state index in [1.807, 2.05) is 22.4 Å². The van der Waals surface area contributed by atoms with Gasteiger partial charge in [0.15, 0.2) is 0 Å². The van der Waals surface area contributed by atoms with Gasteiger partial charge >= 0.3 is 0 Å². The molecule has 7 nitrogen and oxygen atoms in total. The summed E-state index contributed by atoms with van der Waals surface area (Å²) in [6, 6.07) is 5.79. The Bertz CT molecular complexity index is 652. The Morgan fingerprint density at radius 2 is 2.36 bits per heavy atom. The first-order chi connectivity index (χ1) is 10.7. The van der Waals surface area contributed by atoms with Gasteiger partial charge in [0.1, 0.15) is 5.82 Å². The minimum Gasteiger partial charge on any atom is -0.354 e. The molecule has 3 heterocycles. The van der Waals surface area contributed by atoms with Crippen molar-refractivity contribution >= 4 is 29.0 Å². The van der Waals surface area contributed by atoms with E-state index in [-0.39, 0.29) is 24.9 Å². The fourth-order valence-corrected chi connectivity index (χ4v) is 3.01. The second-order valence-electron chi connectivity index (χ2n) is 5.06. The standard InChI is InChI=1S/C14H17N5O2S/c20-13-9-18(6-5-15-13)10-14(21)17-12-3-4-16-19(12)8-11-2-1-7-22-11/h1-4,7H,5-6,8-10H2,(H,15,20)(H,17,21). The first kappa shape index (κ1) is 14.7. The van der Waals surface area contributed by atoms with E-state index in [9.17, 15) is 9.59 Å². The minimum atomic E-state index is -0.136. The maximum Gasteiger partial charge on any atom is 0.239 e. The third kappa shape index (κ3) is 3.71. The topological polar surface area (TPSA) is 79.3 Å². The molecule has 2 N–H and O–H groups in total. The van der Waals surface area contributed by atoms with Gasteiger partial charge in [0, 0.05) is 24.0 Å². The maximum absolute atomic E-state index is 12.1. The number of carbonyl (C=O) groups is 2. The Labute approximate surface area is 131 Å². The van der Waals surface area contributed by atoms with Gasteiger partial charge in [0.2, 0.25) is 11.8 Å². The SMILES string of the molecule is O=C1CN(CC(=O)Nc2ccnn2Cc2cccs2)CCN1. The van der Waals surface area contributed by atoms with Gasteiger partial charge in [-0.3, -0.25) is 14.5 Å². The van der Waals surface area contributed by atoms with E-state index in [0.717, 1.165) is 0 Å². The second kappa shape index (κ2) is 6.71. The molecule has 0 aliphatic carbocycles. The van der Waals surface area contributed by atoms with E-state index >= 15 is 0 Å². The highest BCUT2D eigenvalue weighted by atomic mass is 32.1. The predicted octanol–water partition coefficient (Wildman–Crippen LogP) is 0.363. The summed E-state index contributed by atoms with van der Waals surface area (Å²) in [5.74, 6) is 0.490. The Kier molecular flexibility index (Phi) is 4.50. The largest absolute Gasteiger partial charge is 0.354 e. The molecule has 0 bridgehead atoms. The number of amides is 2. The molecule has 1 aliphatic heterocycles. The van der Waals surface area contributed by atoms with Gasteiger partial charge in [-0.1, -0.05) is 6.07 Å². The summed E-state index contributed by atoms with van der Waals surface area (Å²) in [6.07, 6.45) is 1.66. The van der Waals surface area contributed by atoms with Crippen molar-refractivity contribution in [3.63, 3.8) is 0 Å². The van der Waals surface area contributed by atoms with Gasteiger partial charge < -0.3 is 10.6 Å². The zero-order chi connectivity index (χ0) is 15.4. The molecule has 8 heteroatoms. The number of hydrogen-bond donors (Lipinski definition) is 2. The number of aromatic nitrogens is 2. The average molecular weight is 319 g/mol. The number of rotatable bonds is 5. The normalized spacial score (nSPS) is 15.5. The zero-order valence-corrected chi connectivity index (χ0v) is 12.8. The average Bonchev–Trinajstić information content (AvgIpc) is 3.12. The van der Waals surface area contributed by atoms with E-state index in [0.29, 0.717) is 25.5 Å². The van der Waals surface area contributed by atoms with Gasteiger partial charge in [-0.15, -0.1) is 11.3 Å². The van der Waals surface area contributed by atoms with E-state index < -0.39 is 0 Å². The van der Waals surface area contributed by atoms with Crippen LogP contribution in [0.3, 0.4) is 0 Å². The summed E-state index contributed by atoms with van der Waals surface area (Å²) in [4.78, 5) is 26.4. The summed E-state index contributed by atoms with van der Waals surface area (Å²) < 4.78 is 1.76. The van der Waals surface area contributed by atoms with Gasteiger partial charge in [-0.2, -0.15) is 5.10 Å². The molecule has 0 aromatic carbocycles. The van der Waals surface area contributed by atoms with Crippen molar-refractivity contribution in [2.75, 3.05) is 31.5 Å². The van der Waals surface area contributed by atoms with Crippen molar-refractivity contribution < 1.29 is 9.59 Å². The molecule has 2 aromatic heterocycles. The maximum atomic E-state index is 12.1. The highest BCUT2D eigenvalue weighted by Gasteiger charge is 2.19. The molecule has 116 valence electrons. The van der Waals surface area contributed by atoms with Gasteiger partial charge in [-0.05, 0) is 11.4 Å². The molecular formula is C14H17N5O2S. The zero-order valence-electron chi connectivity index (χ0n) is 12.0. The van der Waals surface area contributed by atoms with E-state index in [1.54, 1.807) is 28.3 Å². The molecule has 1 fully saturated rings. The van der Waals surface area contributed by atoms with Crippen LogP contribution < -0.4 is 10.6 Å². The lowest BCUT2D eigenvalue weighted by Gasteiger charge is -2.25. The lowest BCUT2D eigenvalue weighted by atomic mass is 10.3. The van der Waals surface area contributed by atoms with Crippen molar-refractivity contribution in [2.24, 2.45) is 0 Å². The molecule has 1 saturated heterocycles. The molecule has 0 radical (unpaired) electrons. The summed E-state index contributed by atoms with van der Waals surface area (Å²) in [5.41, 5.74) is 0. The van der Waals surface area contributed by atoms with Crippen LogP contribution in [0.25, 0.3) is 0 Å². The van der Waals surface area contributed by atoms with Crippen LogP contribution in [0.15, 0.2) is 29.8 Å². The third-order valence-electron chi connectivity index (χ3n) is 3.35. The van der Waals surface area contributed by atoms with Crippen molar-refractivity contribution in [3.8, 4) is 0 Å². The Morgan fingerprint density at radius 1 is 1.45 bits per heavy atom. The first-order valence-electron chi connectivity index (χ1n) is 7.04. The van der Waals surface area contributed by atoms with Crippen molar-refractivity contribution in [2.45, 2.75) is 6.54 Å². The van der Waals surface area contributed by atoms with Gasteiger partial charge in [0.25, 0.3) is 0 Å². The number of hydrogen-bond acceptors (Lipinski definition) is 5. The van der Waals surface area contributed by atoms with E-state index in [1.165, 1.54) is 4.88 Å². The van der Waals surface area contributed by atoms with Crippen molar-refractivity contribution in [1.29, 1.82) is 0 Å². The molecule has 0 saturated carbocycles. The monoisotopic (exact) mass is 319 g/mol. The fraction of sp³-hybridized carbons (Fsp3) is 0.357. The number of nitrogens with zero attached hydrogens (tertiary/aromatic N) is 3. The molecule has 3 rings (SSSR count). The smallest absolute Gasteiger partial charge is 0.239 e. The third-order valence-corrected chi connectivity index (χ3v) is 4.22. The van der Waals surface area contributed by atoms with Crippen molar-refractivity contribution in [1.82, 2.24) is 20.0 Å². The summed E-state index contributed by atoms with van der Waals surface area (Å²) >= 11 is 1.65. The molecule has 2 amide bonds. The molecule has 0 spiro atoms. The van der Waals surface area contributed by atoms with Gasteiger partial charge in [-0.25, -0.2) is 4.68 Å². The fourth-order valence-electron chi connectivity index (χ4n) is 2.33. The predicted molar refractivity (Wildman–Crippen MR) is 83.7 cm³/mol. The summed E-state index contributed by atoms with van der Waals surface area (Å²) in [5, 5.41) is 11.8. The lowest BCUT2D eigenvalue weighted by Crippen LogP contribution is -2.49. The highest BCUT2D eigenvalue weighted by molar-refractivity contribution is 7.09. The second-order valence-corrected chi connectivity index (χ2v) is 6.09. The minimum absolute atomic E-state index is 0.0400. The van der Waals surface area contributed by atoms with Crippen LogP contribution in [0.4, 0.5) is 5.82 Å². The summed E-state index contributed by atoms with van der Waals surface area (Å²) in [6.45, 7) is 2.38. The lowest BCUT2D eigenvalue weighted by molar-refractivity contribution is -0.125. The molecule has 2 aromatic rings. The summed E-state index contributed by atoms with van der Waals surface area (Å²) in [7, 11) is 0. The Hall–Kier alpha value is -2.19. The Balaban J connectivity index is 1.57. The van der Waals surface area contributed by atoms with Crippen LogP contribution in [-0.4, -0.2) is 52.7 Å². The molecule has 0 atom stereocenters.